The Bertz CT molecular complexity index is 992. The normalized spacial score (nSPS) is 19.1. The van der Waals surface area contributed by atoms with Crippen molar-refractivity contribution in [2.75, 3.05) is 18.6 Å². The van der Waals surface area contributed by atoms with Gasteiger partial charge in [0.05, 0.1) is 6.04 Å². The van der Waals surface area contributed by atoms with Crippen molar-refractivity contribution < 1.29 is 24.0 Å². The van der Waals surface area contributed by atoms with Gasteiger partial charge in [0, 0.05) is 18.4 Å². The molecule has 0 aliphatic carbocycles. The molecule has 0 aromatic heterocycles. The molecule has 0 spiro atoms. The molecular formula is C29H45N5O5S. The van der Waals surface area contributed by atoms with Crippen molar-refractivity contribution in [3.8, 4) is 0 Å². The third-order valence-electron chi connectivity index (χ3n) is 7.20. The van der Waals surface area contributed by atoms with Crippen LogP contribution in [-0.2, 0) is 30.4 Å². The van der Waals surface area contributed by atoms with E-state index in [-0.39, 0.29) is 30.1 Å². The molecule has 1 aromatic rings. The fourth-order valence-corrected chi connectivity index (χ4v) is 5.49. The third-order valence-corrected chi connectivity index (χ3v) is 7.85. The first-order valence-corrected chi connectivity index (χ1v) is 15.4. The van der Waals surface area contributed by atoms with E-state index >= 15 is 0 Å². The lowest BCUT2D eigenvalue weighted by Gasteiger charge is -2.32. The number of carbonyl (C=O) groups excluding carboxylic acids is 5. The van der Waals surface area contributed by atoms with Crippen LogP contribution in [0.15, 0.2) is 30.3 Å². The van der Waals surface area contributed by atoms with Gasteiger partial charge in [-0.25, -0.2) is 0 Å². The number of hydrogen-bond acceptors (Lipinski definition) is 7. The van der Waals surface area contributed by atoms with E-state index in [1.165, 1.54) is 4.90 Å². The van der Waals surface area contributed by atoms with Gasteiger partial charge in [-0.2, -0.15) is 11.8 Å². The van der Waals surface area contributed by atoms with Crippen LogP contribution in [0.4, 0.5) is 0 Å². The van der Waals surface area contributed by atoms with E-state index in [1.54, 1.807) is 25.6 Å². The molecule has 5 unspecified atom stereocenters. The van der Waals surface area contributed by atoms with Gasteiger partial charge in [0.2, 0.25) is 24.1 Å². The van der Waals surface area contributed by atoms with Crippen LogP contribution in [0.2, 0.25) is 0 Å². The largest absolute Gasteiger partial charge is 0.347 e. The molecule has 5 atom stereocenters. The maximum absolute atomic E-state index is 13.8. The zero-order valence-electron chi connectivity index (χ0n) is 24.1. The van der Waals surface area contributed by atoms with E-state index in [1.807, 2.05) is 43.5 Å². The van der Waals surface area contributed by atoms with Crippen molar-refractivity contribution in [3.05, 3.63) is 35.9 Å². The van der Waals surface area contributed by atoms with E-state index in [0.717, 1.165) is 12.0 Å². The van der Waals surface area contributed by atoms with E-state index < -0.39 is 36.0 Å². The molecule has 1 aliphatic heterocycles. The van der Waals surface area contributed by atoms with Crippen LogP contribution in [0.5, 0.6) is 0 Å². The molecule has 1 heterocycles. The minimum absolute atomic E-state index is 0.0614. The number of nitrogens with zero attached hydrogens (tertiary/aromatic N) is 1. The highest BCUT2D eigenvalue weighted by molar-refractivity contribution is 7.98. The van der Waals surface area contributed by atoms with E-state index in [2.05, 4.69) is 16.0 Å². The summed E-state index contributed by atoms with van der Waals surface area (Å²) in [5.41, 5.74) is 6.51. The second kappa shape index (κ2) is 17.0. The summed E-state index contributed by atoms with van der Waals surface area (Å²) in [6, 6.07) is 5.95. The van der Waals surface area contributed by atoms with Crippen LogP contribution in [0.25, 0.3) is 0 Å². The van der Waals surface area contributed by atoms with Gasteiger partial charge in [0.25, 0.3) is 0 Å². The molecule has 4 amide bonds. The topological polar surface area (TPSA) is 151 Å². The fraction of sp³-hybridized carbons (Fsp3) is 0.621. The lowest BCUT2D eigenvalue weighted by Crippen LogP contribution is -2.56. The number of likely N-dealkylation sites (tertiary alicyclic amines) is 1. The second-order valence-corrected chi connectivity index (χ2v) is 11.6. The van der Waals surface area contributed by atoms with Crippen LogP contribution < -0.4 is 21.7 Å². The first-order chi connectivity index (χ1) is 19.1. The average molecular weight is 576 g/mol. The maximum atomic E-state index is 13.8. The Hall–Kier alpha value is -2.92. The number of rotatable bonds is 18. The molecule has 0 saturated carbocycles. The molecule has 222 valence electrons. The Labute approximate surface area is 241 Å². The minimum Gasteiger partial charge on any atom is -0.347 e. The Morgan fingerprint density at radius 1 is 1.10 bits per heavy atom. The highest BCUT2D eigenvalue weighted by Crippen LogP contribution is 2.25. The summed E-state index contributed by atoms with van der Waals surface area (Å²) >= 11 is 1.55. The Balaban J connectivity index is 2.29. The summed E-state index contributed by atoms with van der Waals surface area (Å²) in [4.78, 5) is 66.0. The monoisotopic (exact) mass is 575 g/mol. The zero-order chi connectivity index (χ0) is 29.7. The zero-order valence-corrected chi connectivity index (χ0v) is 24.9. The molecule has 1 aromatic carbocycles. The number of amides is 4. The highest BCUT2D eigenvalue weighted by atomic mass is 32.2. The Kier molecular flexibility index (Phi) is 14.2. The van der Waals surface area contributed by atoms with Crippen molar-refractivity contribution in [2.45, 2.75) is 89.5 Å². The van der Waals surface area contributed by atoms with Crippen LogP contribution in [-0.4, -0.2) is 83.6 Å². The standard InChI is InChI=1S/C29H45N5O5S/c1-19(2)26(36)22(12-8-9-14-30)32-28(38)25(17-21-10-6-5-7-11-21)34-20(3)16-24(29(34)39)33-27(37)23(31-18-35)13-15-40-4/h5-7,10-11,18-20,22-25H,8-9,12-17,30H2,1-4H3,(H,31,35)(H,32,38)(H,33,37). The van der Waals surface area contributed by atoms with Crippen molar-refractivity contribution in [3.63, 3.8) is 0 Å². The van der Waals surface area contributed by atoms with Crippen LogP contribution in [0, 0.1) is 5.92 Å². The number of ketones is 1. The molecular weight excluding hydrogens is 530 g/mol. The van der Waals surface area contributed by atoms with Gasteiger partial charge in [-0.15, -0.1) is 0 Å². The quantitative estimate of drug-likeness (QED) is 0.153. The van der Waals surface area contributed by atoms with Gasteiger partial charge >= 0.3 is 0 Å². The van der Waals surface area contributed by atoms with Gasteiger partial charge < -0.3 is 26.6 Å². The Morgan fingerprint density at radius 2 is 1.80 bits per heavy atom. The summed E-state index contributed by atoms with van der Waals surface area (Å²) in [5.74, 6) is -0.846. The number of carbonyl (C=O) groups is 5. The number of nitrogens with two attached hydrogens (primary N) is 1. The maximum Gasteiger partial charge on any atom is 0.246 e. The molecule has 10 nitrogen and oxygen atoms in total. The highest BCUT2D eigenvalue weighted by Gasteiger charge is 2.45. The molecule has 1 aliphatic rings. The summed E-state index contributed by atoms with van der Waals surface area (Å²) < 4.78 is 0. The summed E-state index contributed by atoms with van der Waals surface area (Å²) in [6.07, 6.45) is 5.32. The predicted octanol–water partition coefficient (Wildman–Crippen LogP) is 1.41. The fourth-order valence-electron chi connectivity index (χ4n) is 5.02. The first kappa shape index (κ1) is 33.3. The van der Waals surface area contributed by atoms with Crippen LogP contribution in [0.1, 0.15) is 58.4 Å². The molecule has 1 saturated heterocycles. The third kappa shape index (κ3) is 9.62. The molecule has 11 heteroatoms. The number of hydrogen-bond donors (Lipinski definition) is 4. The van der Waals surface area contributed by atoms with Gasteiger partial charge in [-0.1, -0.05) is 44.2 Å². The molecule has 2 rings (SSSR count). The van der Waals surface area contributed by atoms with Crippen LogP contribution >= 0.6 is 11.8 Å². The van der Waals surface area contributed by atoms with E-state index in [9.17, 15) is 24.0 Å². The van der Waals surface area contributed by atoms with Crippen molar-refractivity contribution in [2.24, 2.45) is 11.7 Å². The SMILES string of the molecule is CSCCC(NC=O)C(=O)NC1CC(C)N(C(Cc2ccccc2)C(=O)NC(CCCCN)C(=O)C(C)C)C1=O. The summed E-state index contributed by atoms with van der Waals surface area (Å²) in [5, 5.41) is 8.27. The van der Waals surface area contributed by atoms with Crippen molar-refractivity contribution >= 4 is 41.7 Å². The summed E-state index contributed by atoms with van der Waals surface area (Å²) in [7, 11) is 0. The number of unbranched alkanes of at least 4 members (excludes halogenated alkanes) is 1. The first-order valence-electron chi connectivity index (χ1n) is 14.0. The molecule has 0 radical (unpaired) electrons. The Morgan fingerprint density at radius 3 is 2.40 bits per heavy atom. The number of benzene rings is 1. The number of thioether (sulfide) groups is 1. The van der Waals surface area contributed by atoms with Gasteiger partial charge in [0.1, 0.15) is 18.1 Å². The number of nitrogens with one attached hydrogen (secondary N) is 3. The summed E-state index contributed by atoms with van der Waals surface area (Å²) in [6.45, 7) is 5.96. The molecule has 5 N–H and O–H groups in total. The van der Waals surface area contributed by atoms with Gasteiger partial charge in [-0.3, -0.25) is 24.0 Å². The smallest absolute Gasteiger partial charge is 0.246 e. The van der Waals surface area contributed by atoms with E-state index in [4.69, 9.17) is 5.73 Å². The van der Waals surface area contributed by atoms with Crippen molar-refractivity contribution in [1.82, 2.24) is 20.9 Å². The molecule has 40 heavy (non-hydrogen) atoms. The molecule has 1 fully saturated rings. The average Bonchev–Trinajstić information content (AvgIpc) is 3.20. The molecule has 0 bridgehead atoms. The lowest BCUT2D eigenvalue weighted by molar-refractivity contribution is -0.141. The van der Waals surface area contributed by atoms with Gasteiger partial charge in [0.15, 0.2) is 5.78 Å². The second-order valence-electron chi connectivity index (χ2n) is 10.6. The van der Waals surface area contributed by atoms with Crippen LogP contribution in [0.3, 0.4) is 0 Å². The van der Waals surface area contributed by atoms with E-state index in [0.29, 0.717) is 44.4 Å². The lowest BCUT2D eigenvalue weighted by atomic mass is 9.96. The van der Waals surface area contributed by atoms with Gasteiger partial charge in [-0.05, 0) is 63.1 Å². The minimum atomic E-state index is -0.871. The predicted molar refractivity (Wildman–Crippen MR) is 157 cm³/mol. The number of Topliss-reactive ketones (excluding diaryl/α,β-unsaturated/α-hetero) is 1. The van der Waals surface area contributed by atoms with Crippen molar-refractivity contribution in [1.29, 1.82) is 0 Å².